The minimum absolute atomic E-state index is 0.256. The summed E-state index contributed by atoms with van der Waals surface area (Å²) in [6.07, 6.45) is 1.77. The Bertz CT molecular complexity index is 1000. The number of allylic oxidation sites excluding steroid dienone is 1. The maximum Gasteiger partial charge on any atom is 0.268 e. The summed E-state index contributed by atoms with van der Waals surface area (Å²) < 4.78 is 27.6. The van der Waals surface area contributed by atoms with E-state index in [0.29, 0.717) is 16.2 Å². The fourth-order valence-electron chi connectivity index (χ4n) is 2.79. The normalized spacial score (nSPS) is 12.7. The number of hydrogen-bond acceptors (Lipinski definition) is 2. The van der Waals surface area contributed by atoms with E-state index in [1.165, 1.54) is 3.97 Å². The Balaban J connectivity index is 2.42. The highest BCUT2D eigenvalue weighted by Gasteiger charge is 2.25. The lowest BCUT2D eigenvalue weighted by Crippen LogP contribution is -2.14. The number of aromatic nitrogens is 1. The molecule has 0 amide bonds. The topological polar surface area (TPSA) is 39.1 Å². The van der Waals surface area contributed by atoms with Crippen LogP contribution in [0.15, 0.2) is 65.6 Å². The molecule has 0 fully saturated rings. The van der Waals surface area contributed by atoms with Crippen molar-refractivity contribution in [3.05, 3.63) is 71.9 Å². The van der Waals surface area contributed by atoms with E-state index in [2.05, 4.69) is 0 Å². The number of para-hydroxylation sites is 1. The second-order valence-corrected chi connectivity index (χ2v) is 7.39. The Hall–Kier alpha value is -2.04. The molecule has 0 spiro atoms. The van der Waals surface area contributed by atoms with Crippen molar-refractivity contribution in [3.63, 3.8) is 0 Å². The van der Waals surface area contributed by atoms with Crippen molar-refractivity contribution in [1.29, 1.82) is 0 Å². The van der Waals surface area contributed by atoms with E-state index in [9.17, 15) is 8.42 Å². The Labute approximate surface area is 140 Å². The van der Waals surface area contributed by atoms with E-state index < -0.39 is 10.0 Å². The van der Waals surface area contributed by atoms with Gasteiger partial charge in [-0.05, 0) is 32.0 Å². The summed E-state index contributed by atoms with van der Waals surface area (Å²) in [5.41, 5.74) is 1.99. The van der Waals surface area contributed by atoms with Gasteiger partial charge in [-0.3, -0.25) is 0 Å². The van der Waals surface area contributed by atoms with Gasteiger partial charge in [0.1, 0.15) is 0 Å². The third-order valence-corrected chi connectivity index (χ3v) is 6.06. The largest absolute Gasteiger partial charge is 0.268 e. The van der Waals surface area contributed by atoms with E-state index in [-0.39, 0.29) is 4.90 Å². The lowest BCUT2D eigenvalue weighted by atomic mass is 10.1. The molecular formula is C18H16ClNO2S. The second-order valence-electron chi connectivity index (χ2n) is 5.20. The number of halogens is 1. The Kier molecular flexibility index (Phi) is 4.04. The highest BCUT2D eigenvalue weighted by atomic mass is 35.5. The van der Waals surface area contributed by atoms with Gasteiger partial charge in [0.15, 0.2) is 0 Å². The minimum Gasteiger partial charge on any atom is -0.238 e. The highest BCUT2D eigenvalue weighted by molar-refractivity contribution is 7.90. The standard InChI is InChI=1S/C18H16ClNO2S/c1-3-16(19)18-13(2)20(17-12-8-7-11-15(17)18)23(21,22)14-9-5-4-6-10-14/h3-12H,1-2H3/b16-3-. The smallest absolute Gasteiger partial charge is 0.238 e. The van der Waals surface area contributed by atoms with Gasteiger partial charge in [-0.25, -0.2) is 12.4 Å². The molecule has 1 heterocycles. The zero-order chi connectivity index (χ0) is 16.6. The molecule has 0 aliphatic heterocycles. The van der Waals surface area contributed by atoms with E-state index in [0.717, 1.165) is 10.9 Å². The molecule has 0 aliphatic carbocycles. The molecule has 0 bridgehead atoms. The van der Waals surface area contributed by atoms with Gasteiger partial charge in [0.2, 0.25) is 0 Å². The molecule has 1 aromatic heterocycles. The van der Waals surface area contributed by atoms with Gasteiger partial charge in [0, 0.05) is 21.7 Å². The van der Waals surface area contributed by atoms with Crippen LogP contribution in [0.25, 0.3) is 15.9 Å². The van der Waals surface area contributed by atoms with Crippen LogP contribution in [-0.2, 0) is 10.0 Å². The summed E-state index contributed by atoms with van der Waals surface area (Å²) >= 11 is 6.34. The third-order valence-electron chi connectivity index (χ3n) is 3.83. The molecule has 0 atom stereocenters. The van der Waals surface area contributed by atoms with Gasteiger partial charge < -0.3 is 0 Å². The molecule has 0 aliphatic rings. The monoisotopic (exact) mass is 345 g/mol. The molecular weight excluding hydrogens is 330 g/mol. The molecule has 118 valence electrons. The first-order valence-corrected chi connectivity index (χ1v) is 9.03. The van der Waals surface area contributed by atoms with Crippen molar-refractivity contribution < 1.29 is 8.42 Å². The van der Waals surface area contributed by atoms with Crippen LogP contribution >= 0.6 is 11.6 Å². The van der Waals surface area contributed by atoms with Gasteiger partial charge in [-0.1, -0.05) is 54.1 Å². The highest BCUT2D eigenvalue weighted by Crippen LogP contribution is 2.35. The van der Waals surface area contributed by atoms with Crippen LogP contribution < -0.4 is 0 Å². The van der Waals surface area contributed by atoms with Gasteiger partial charge in [0.25, 0.3) is 10.0 Å². The predicted octanol–water partition coefficient (Wildman–Crippen LogP) is 4.79. The summed E-state index contributed by atoms with van der Waals surface area (Å²) in [4.78, 5) is 0.256. The summed E-state index contributed by atoms with van der Waals surface area (Å²) in [6, 6.07) is 15.8. The SMILES string of the molecule is C/C=C(\Cl)c1c(C)n(S(=O)(=O)c2ccccc2)c2ccccc12. The van der Waals surface area contributed by atoms with Crippen molar-refractivity contribution in [2.45, 2.75) is 18.7 Å². The van der Waals surface area contributed by atoms with Gasteiger partial charge in [0.05, 0.1) is 10.4 Å². The van der Waals surface area contributed by atoms with Crippen molar-refractivity contribution in [3.8, 4) is 0 Å². The molecule has 3 aromatic rings. The minimum atomic E-state index is -3.69. The molecule has 0 N–H and O–H groups in total. The number of benzene rings is 2. The average molecular weight is 346 g/mol. The summed E-state index contributed by atoms with van der Waals surface area (Å²) in [7, 11) is -3.69. The number of rotatable bonds is 3. The Morgan fingerprint density at radius 2 is 1.65 bits per heavy atom. The fourth-order valence-corrected chi connectivity index (χ4v) is 4.61. The van der Waals surface area contributed by atoms with Crippen molar-refractivity contribution in [2.24, 2.45) is 0 Å². The van der Waals surface area contributed by atoms with E-state index in [1.807, 2.05) is 25.1 Å². The van der Waals surface area contributed by atoms with E-state index >= 15 is 0 Å². The number of fused-ring (bicyclic) bond motifs is 1. The zero-order valence-electron chi connectivity index (χ0n) is 12.8. The van der Waals surface area contributed by atoms with Crippen LogP contribution in [0.5, 0.6) is 0 Å². The van der Waals surface area contributed by atoms with Crippen LogP contribution in [0.4, 0.5) is 0 Å². The number of nitrogens with zero attached hydrogens (tertiary/aromatic N) is 1. The molecule has 0 saturated heterocycles. The Morgan fingerprint density at radius 3 is 2.30 bits per heavy atom. The van der Waals surface area contributed by atoms with Crippen LogP contribution in [0.3, 0.4) is 0 Å². The first-order valence-electron chi connectivity index (χ1n) is 7.21. The van der Waals surface area contributed by atoms with E-state index in [1.54, 1.807) is 49.4 Å². The third kappa shape index (κ3) is 2.48. The molecule has 3 nitrogen and oxygen atoms in total. The van der Waals surface area contributed by atoms with Gasteiger partial charge in [-0.15, -0.1) is 0 Å². The van der Waals surface area contributed by atoms with Gasteiger partial charge >= 0.3 is 0 Å². The molecule has 0 radical (unpaired) electrons. The van der Waals surface area contributed by atoms with Crippen LogP contribution in [0.2, 0.25) is 0 Å². The summed E-state index contributed by atoms with van der Waals surface area (Å²) in [5.74, 6) is 0. The first kappa shape index (κ1) is 15.8. The zero-order valence-corrected chi connectivity index (χ0v) is 14.4. The summed E-state index contributed by atoms with van der Waals surface area (Å²) in [5, 5.41) is 1.37. The lowest BCUT2D eigenvalue weighted by Gasteiger charge is -2.10. The average Bonchev–Trinajstić information content (AvgIpc) is 2.87. The predicted molar refractivity (Wildman–Crippen MR) is 95.2 cm³/mol. The molecule has 2 aromatic carbocycles. The maximum absolute atomic E-state index is 13.1. The van der Waals surface area contributed by atoms with E-state index in [4.69, 9.17) is 11.6 Å². The van der Waals surface area contributed by atoms with Crippen LogP contribution in [-0.4, -0.2) is 12.4 Å². The first-order chi connectivity index (χ1) is 11.0. The molecule has 0 unspecified atom stereocenters. The van der Waals surface area contributed by atoms with Crippen LogP contribution in [0, 0.1) is 6.92 Å². The maximum atomic E-state index is 13.1. The lowest BCUT2D eigenvalue weighted by molar-refractivity contribution is 0.588. The quantitative estimate of drug-likeness (QED) is 0.684. The fraction of sp³-hybridized carbons (Fsp3) is 0.111. The van der Waals surface area contributed by atoms with Crippen molar-refractivity contribution in [1.82, 2.24) is 3.97 Å². The Morgan fingerprint density at radius 1 is 1.04 bits per heavy atom. The molecule has 23 heavy (non-hydrogen) atoms. The van der Waals surface area contributed by atoms with Gasteiger partial charge in [-0.2, -0.15) is 0 Å². The molecule has 0 saturated carbocycles. The number of hydrogen-bond donors (Lipinski definition) is 0. The van der Waals surface area contributed by atoms with Crippen LogP contribution in [0.1, 0.15) is 18.2 Å². The second kappa shape index (κ2) is 5.87. The van der Waals surface area contributed by atoms with Crippen molar-refractivity contribution >= 4 is 37.6 Å². The molecule has 5 heteroatoms. The summed E-state index contributed by atoms with van der Waals surface area (Å²) in [6.45, 7) is 3.61. The van der Waals surface area contributed by atoms with Crippen molar-refractivity contribution in [2.75, 3.05) is 0 Å². The molecule has 3 rings (SSSR count).